The fourth-order valence-corrected chi connectivity index (χ4v) is 0.806. The van der Waals surface area contributed by atoms with Gasteiger partial charge in [0.15, 0.2) is 5.96 Å². The molecule has 3 N–H and O–H groups in total. The normalized spacial score (nSPS) is 11.2. The third-order valence-electron chi connectivity index (χ3n) is 1.51. The lowest BCUT2D eigenvalue weighted by atomic mass is 10.1. The van der Waals surface area contributed by atoms with Gasteiger partial charge in [-0.1, -0.05) is 13.8 Å². The number of guanidine groups is 1. The van der Waals surface area contributed by atoms with E-state index in [1.54, 1.807) is 7.05 Å². The van der Waals surface area contributed by atoms with Crippen LogP contribution >= 0.6 is 24.0 Å². The van der Waals surface area contributed by atoms with Gasteiger partial charge >= 0.3 is 0 Å². The summed E-state index contributed by atoms with van der Waals surface area (Å²) in [5.41, 5.74) is 5.43. The molecule has 74 valence electrons. The second-order valence-electron chi connectivity index (χ2n) is 3.07. The van der Waals surface area contributed by atoms with E-state index < -0.39 is 0 Å². The topological polar surface area (TPSA) is 50.4 Å². The van der Waals surface area contributed by atoms with E-state index in [2.05, 4.69) is 24.2 Å². The van der Waals surface area contributed by atoms with E-state index in [9.17, 15) is 0 Å². The number of hydrogen-bond acceptors (Lipinski definition) is 1. The van der Waals surface area contributed by atoms with E-state index in [0.29, 0.717) is 5.96 Å². The molecule has 0 saturated heterocycles. The smallest absolute Gasteiger partial charge is 0.188 e. The van der Waals surface area contributed by atoms with Gasteiger partial charge in [-0.3, -0.25) is 4.99 Å². The Balaban J connectivity index is 0. The average molecular weight is 285 g/mol. The van der Waals surface area contributed by atoms with E-state index in [1.165, 1.54) is 6.42 Å². The van der Waals surface area contributed by atoms with Gasteiger partial charge in [-0.2, -0.15) is 0 Å². The van der Waals surface area contributed by atoms with Gasteiger partial charge < -0.3 is 11.1 Å². The van der Waals surface area contributed by atoms with Crippen molar-refractivity contribution in [1.29, 1.82) is 0 Å². The molecule has 0 atom stereocenters. The molecule has 0 spiro atoms. The van der Waals surface area contributed by atoms with E-state index >= 15 is 0 Å². The van der Waals surface area contributed by atoms with E-state index in [1.807, 2.05) is 0 Å². The van der Waals surface area contributed by atoms with Crippen LogP contribution in [0.4, 0.5) is 0 Å². The first-order valence-corrected chi connectivity index (χ1v) is 4.13. The first kappa shape index (κ1) is 14.5. The van der Waals surface area contributed by atoms with Crippen molar-refractivity contribution >= 4 is 29.9 Å². The van der Waals surface area contributed by atoms with Crippen LogP contribution in [0.1, 0.15) is 26.7 Å². The quantitative estimate of drug-likeness (QED) is 0.356. The van der Waals surface area contributed by atoms with Gasteiger partial charge in [0.1, 0.15) is 0 Å². The zero-order valence-corrected chi connectivity index (χ0v) is 10.5. The highest BCUT2D eigenvalue weighted by molar-refractivity contribution is 14.0. The van der Waals surface area contributed by atoms with Crippen LogP contribution in [0.3, 0.4) is 0 Å². The standard InChI is InChI=1S/C8H19N3.HI/c1-7(2)5-4-6-11-8(9)10-3;/h7H,4-6H2,1-3H3,(H3,9,10,11);1H. The maximum atomic E-state index is 5.43. The Morgan fingerprint density at radius 1 is 1.50 bits per heavy atom. The number of nitrogens with two attached hydrogens (primary N) is 1. The first-order valence-electron chi connectivity index (χ1n) is 4.13. The van der Waals surface area contributed by atoms with Crippen molar-refractivity contribution in [3.63, 3.8) is 0 Å². The van der Waals surface area contributed by atoms with Gasteiger partial charge in [0.25, 0.3) is 0 Å². The molecule has 4 heteroatoms. The highest BCUT2D eigenvalue weighted by Crippen LogP contribution is 2.01. The molecule has 12 heavy (non-hydrogen) atoms. The zero-order valence-electron chi connectivity index (χ0n) is 8.13. The van der Waals surface area contributed by atoms with Gasteiger partial charge in [-0.05, 0) is 18.8 Å². The van der Waals surface area contributed by atoms with Crippen molar-refractivity contribution in [2.45, 2.75) is 26.7 Å². The summed E-state index contributed by atoms with van der Waals surface area (Å²) in [5, 5.41) is 3.02. The lowest BCUT2D eigenvalue weighted by Gasteiger charge is -2.05. The fraction of sp³-hybridized carbons (Fsp3) is 0.875. The van der Waals surface area contributed by atoms with E-state index in [-0.39, 0.29) is 24.0 Å². The lowest BCUT2D eigenvalue weighted by Crippen LogP contribution is -2.32. The van der Waals surface area contributed by atoms with Crippen molar-refractivity contribution < 1.29 is 0 Å². The number of nitrogens with zero attached hydrogens (tertiary/aromatic N) is 1. The molecular formula is C8H20IN3. The Labute approximate surface area is 92.2 Å². The maximum absolute atomic E-state index is 5.43. The molecule has 3 nitrogen and oxygen atoms in total. The second-order valence-corrected chi connectivity index (χ2v) is 3.07. The molecule has 0 aliphatic carbocycles. The molecule has 0 aromatic heterocycles. The molecular weight excluding hydrogens is 265 g/mol. The van der Waals surface area contributed by atoms with Crippen LogP contribution in [0, 0.1) is 5.92 Å². The van der Waals surface area contributed by atoms with Gasteiger partial charge in [0, 0.05) is 13.6 Å². The van der Waals surface area contributed by atoms with Gasteiger partial charge in [0.2, 0.25) is 0 Å². The van der Waals surface area contributed by atoms with E-state index in [4.69, 9.17) is 5.73 Å². The summed E-state index contributed by atoms with van der Waals surface area (Å²) < 4.78 is 0. The molecule has 0 fully saturated rings. The summed E-state index contributed by atoms with van der Waals surface area (Å²) in [4.78, 5) is 3.79. The molecule has 0 radical (unpaired) electrons. The van der Waals surface area contributed by atoms with Crippen LogP contribution in [0.5, 0.6) is 0 Å². The third kappa shape index (κ3) is 10.0. The average Bonchev–Trinajstić information content (AvgIpc) is 1.97. The minimum atomic E-state index is 0. The molecule has 0 amide bonds. The van der Waals surface area contributed by atoms with Crippen LogP contribution in [0.2, 0.25) is 0 Å². The minimum absolute atomic E-state index is 0. The monoisotopic (exact) mass is 285 g/mol. The first-order chi connectivity index (χ1) is 5.16. The second kappa shape index (κ2) is 9.09. The van der Waals surface area contributed by atoms with E-state index in [0.717, 1.165) is 18.9 Å². The summed E-state index contributed by atoms with van der Waals surface area (Å²) in [6.07, 6.45) is 2.40. The molecule has 0 bridgehead atoms. The van der Waals surface area contributed by atoms with Crippen molar-refractivity contribution in [2.75, 3.05) is 13.6 Å². The summed E-state index contributed by atoms with van der Waals surface area (Å²) in [7, 11) is 1.69. The van der Waals surface area contributed by atoms with Crippen molar-refractivity contribution in [3.05, 3.63) is 0 Å². The van der Waals surface area contributed by atoms with Crippen molar-refractivity contribution in [3.8, 4) is 0 Å². The molecule has 0 rings (SSSR count). The van der Waals surface area contributed by atoms with Crippen LogP contribution < -0.4 is 11.1 Å². The SMILES string of the molecule is CN=C(N)NCCCC(C)C.I. The molecule has 0 heterocycles. The van der Waals surface area contributed by atoms with Crippen LogP contribution in [-0.2, 0) is 0 Å². The number of rotatable bonds is 4. The lowest BCUT2D eigenvalue weighted by molar-refractivity contribution is 0.551. The maximum Gasteiger partial charge on any atom is 0.188 e. The Morgan fingerprint density at radius 2 is 2.08 bits per heavy atom. The molecule has 0 aliphatic heterocycles. The summed E-state index contributed by atoms with van der Waals surface area (Å²) in [6, 6.07) is 0. The summed E-state index contributed by atoms with van der Waals surface area (Å²) >= 11 is 0. The van der Waals surface area contributed by atoms with Gasteiger partial charge in [-0.25, -0.2) is 0 Å². The van der Waals surface area contributed by atoms with Crippen LogP contribution in [0.15, 0.2) is 4.99 Å². The molecule has 0 saturated carbocycles. The number of nitrogens with one attached hydrogen (secondary N) is 1. The summed E-state index contributed by atoms with van der Waals surface area (Å²) in [5.74, 6) is 1.31. The predicted octanol–water partition coefficient (Wildman–Crippen LogP) is 1.57. The number of aliphatic imine (C=N–C) groups is 1. The highest BCUT2D eigenvalue weighted by Gasteiger charge is 1.93. The number of halogens is 1. The molecule has 0 aromatic rings. The van der Waals surface area contributed by atoms with Gasteiger partial charge in [-0.15, -0.1) is 24.0 Å². The van der Waals surface area contributed by atoms with Crippen LogP contribution in [-0.4, -0.2) is 19.6 Å². The predicted molar refractivity (Wildman–Crippen MR) is 65.0 cm³/mol. The van der Waals surface area contributed by atoms with Crippen LogP contribution in [0.25, 0.3) is 0 Å². The Morgan fingerprint density at radius 3 is 2.50 bits per heavy atom. The zero-order chi connectivity index (χ0) is 8.69. The van der Waals surface area contributed by atoms with Crippen molar-refractivity contribution in [1.82, 2.24) is 5.32 Å². The van der Waals surface area contributed by atoms with Gasteiger partial charge in [0.05, 0.1) is 0 Å². The summed E-state index contributed by atoms with van der Waals surface area (Å²) in [6.45, 7) is 5.37. The van der Waals surface area contributed by atoms with Crippen molar-refractivity contribution in [2.24, 2.45) is 16.6 Å². The molecule has 0 aliphatic rings. The molecule has 0 aromatic carbocycles. The Kier molecular flexibility index (Phi) is 11.0. The fourth-order valence-electron chi connectivity index (χ4n) is 0.806. The highest BCUT2D eigenvalue weighted by atomic mass is 127. The minimum Gasteiger partial charge on any atom is -0.370 e. The third-order valence-corrected chi connectivity index (χ3v) is 1.51. The largest absolute Gasteiger partial charge is 0.370 e. The Bertz CT molecular complexity index is 123. The number of hydrogen-bond donors (Lipinski definition) is 2. The Hall–Kier alpha value is 0. The molecule has 0 unspecified atom stereocenters.